The van der Waals surface area contributed by atoms with Crippen molar-refractivity contribution < 1.29 is 19.1 Å². The van der Waals surface area contributed by atoms with E-state index in [1.165, 1.54) is 0 Å². The molecule has 0 atom stereocenters. The molecule has 0 bridgehead atoms. The predicted molar refractivity (Wildman–Crippen MR) is 82.9 cm³/mol. The monoisotopic (exact) mass is 304 g/mol. The van der Waals surface area contributed by atoms with E-state index in [0.717, 1.165) is 37.5 Å². The van der Waals surface area contributed by atoms with E-state index >= 15 is 0 Å². The maximum absolute atomic E-state index is 12.2. The number of hydrogen-bond donors (Lipinski definition) is 0. The number of ether oxygens (including phenoxy) is 2. The minimum Gasteiger partial charge on any atom is -0.433 e. The Morgan fingerprint density at radius 2 is 1.82 bits per heavy atom. The zero-order valence-electron chi connectivity index (χ0n) is 13.3. The largest absolute Gasteiger partial charge is 0.433 e. The molecule has 1 fully saturated rings. The number of esters is 1. The molecule has 0 spiro atoms. The van der Waals surface area contributed by atoms with Gasteiger partial charge in [0.05, 0.1) is 12.5 Å². The third kappa shape index (κ3) is 4.95. The Labute approximate surface area is 131 Å². The van der Waals surface area contributed by atoms with Crippen LogP contribution in [-0.4, -0.2) is 18.0 Å². The van der Waals surface area contributed by atoms with E-state index in [0.29, 0.717) is 6.61 Å². The number of carbonyl (C=O) groups is 2. The SMILES string of the molecule is CC(C)(OCc1ccccc1)OC(=O)[C@H]1CC[C@H](C=O)CC1. The number of carbonyl (C=O) groups excluding carboxylic acids is 2. The van der Waals surface area contributed by atoms with Crippen molar-refractivity contribution in [2.75, 3.05) is 0 Å². The van der Waals surface area contributed by atoms with E-state index in [2.05, 4.69) is 0 Å². The third-order valence-electron chi connectivity index (χ3n) is 4.07. The van der Waals surface area contributed by atoms with Gasteiger partial charge in [-0.05, 0) is 31.2 Å². The molecular formula is C18H24O4. The van der Waals surface area contributed by atoms with Gasteiger partial charge in [0.15, 0.2) is 0 Å². The zero-order valence-corrected chi connectivity index (χ0v) is 13.3. The van der Waals surface area contributed by atoms with E-state index < -0.39 is 5.79 Å². The molecule has 1 aliphatic rings. The minimum absolute atomic E-state index is 0.103. The van der Waals surface area contributed by atoms with E-state index in [9.17, 15) is 9.59 Å². The Hall–Kier alpha value is -1.68. The first kappa shape index (κ1) is 16.7. The summed E-state index contributed by atoms with van der Waals surface area (Å²) >= 11 is 0. The lowest BCUT2D eigenvalue weighted by atomic mass is 9.83. The normalized spacial score (nSPS) is 22.1. The number of hydrogen-bond acceptors (Lipinski definition) is 4. The summed E-state index contributed by atoms with van der Waals surface area (Å²) in [5.41, 5.74) is 1.04. The molecule has 4 heteroatoms. The quantitative estimate of drug-likeness (QED) is 0.458. The molecule has 0 amide bonds. The van der Waals surface area contributed by atoms with Crippen LogP contribution in [0.1, 0.15) is 45.1 Å². The van der Waals surface area contributed by atoms with Gasteiger partial charge >= 0.3 is 5.97 Å². The van der Waals surface area contributed by atoms with E-state index in [1.807, 2.05) is 30.3 Å². The van der Waals surface area contributed by atoms with Crippen molar-refractivity contribution in [3.8, 4) is 0 Å². The zero-order chi connectivity index (χ0) is 16.0. The van der Waals surface area contributed by atoms with Gasteiger partial charge in [-0.15, -0.1) is 0 Å². The molecule has 0 saturated heterocycles. The smallest absolute Gasteiger partial charge is 0.311 e. The van der Waals surface area contributed by atoms with Gasteiger partial charge in [0.25, 0.3) is 0 Å². The average molecular weight is 304 g/mol. The van der Waals surface area contributed by atoms with Crippen LogP contribution in [0.3, 0.4) is 0 Å². The maximum atomic E-state index is 12.2. The summed E-state index contributed by atoms with van der Waals surface area (Å²) in [6.07, 6.45) is 3.98. The summed E-state index contributed by atoms with van der Waals surface area (Å²) in [4.78, 5) is 23.0. The van der Waals surface area contributed by atoms with E-state index in [1.54, 1.807) is 13.8 Å². The van der Waals surface area contributed by atoms with E-state index in [-0.39, 0.29) is 17.8 Å². The van der Waals surface area contributed by atoms with Crippen LogP contribution in [0.25, 0.3) is 0 Å². The van der Waals surface area contributed by atoms with Crippen LogP contribution < -0.4 is 0 Å². The van der Waals surface area contributed by atoms with Crippen LogP contribution >= 0.6 is 0 Å². The molecule has 0 radical (unpaired) electrons. The van der Waals surface area contributed by atoms with Gasteiger partial charge in [-0.2, -0.15) is 0 Å². The highest BCUT2D eigenvalue weighted by atomic mass is 16.7. The number of benzene rings is 1. The van der Waals surface area contributed by atoms with Crippen molar-refractivity contribution in [1.29, 1.82) is 0 Å². The lowest BCUT2D eigenvalue weighted by Crippen LogP contribution is -2.35. The van der Waals surface area contributed by atoms with Crippen LogP contribution in [0.4, 0.5) is 0 Å². The maximum Gasteiger partial charge on any atom is 0.311 e. The molecule has 120 valence electrons. The first-order chi connectivity index (χ1) is 10.5. The molecule has 22 heavy (non-hydrogen) atoms. The summed E-state index contributed by atoms with van der Waals surface area (Å²) in [5, 5.41) is 0. The molecular weight excluding hydrogens is 280 g/mol. The first-order valence-corrected chi connectivity index (χ1v) is 7.86. The fourth-order valence-corrected chi connectivity index (χ4v) is 2.68. The van der Waals surface area contributed by atoms with Crippen molar-refractivity contribution in [2.45, 2.75) is 51.9 Å². The Bertz CT molecular complexity index is 487. The lowest BCUT2D eigenvalue weighted by molar-refractivity contribution is -0.224. The predicted octanol–water partition coefficient (Wildman–Crippen LogP) is 3.49. The fourth-order valence-electron chi connectivity index (χ4n) is 2.68. The van der Waals surface area contributed by atoms with Crippen LogP contribution in [0, 0.1) is 11.8 Å². The first-order valence-electron chi connectivity index (χ1n) is 7.86. The topological polar surface area (TPSA) is 52.6 Å². The average Bonchev–Trinajstić information content (AvgIpc) is 2.54. The van der Waals surface area contributed by atoms with Gasteiger partial charge in [-0.3, -0.25) is 4.79 Å². The van der Waals surface area contributed by atoms with Crippen molar-refractivity contribution in [3.63, 3.8) is 0 Å². The second-order valence-electron chi connectivity index (χ2n) is 6.34. The van der Waals surface area contributed by atoms with Crippen LogP contribution in [0.2, 0.25) is 0 Å². The Morgan fingerprint density at radius 1 is 1.18 bits per heavy atom. The van der Waals surface area contributed by atoms with Crippen molar-refractivity contribution >= 4 is 12.3 Å². The van der Waals surface area contributed by atoms with Crippen molar-refractivity contribution in [3.05, 3.63) is 35.9 Å². The number of rotatable bonds is 6. The van der Waals surface area contributed by atoms with Crippen molar-refractivity contribution in [2.24, 2.45) is 11.8 Å². The standard InChI is InChI=1S/C18H24O4/c1-18(2,21-13-15-6-4-3-5-7-15)22-17(20)16-10-8-14(12-19)9-11-16/h3-7,12,14,16H,8-11,13H2,1-2H3/t14-,16-. The molecule has 0 aliphatic heterocycles. The Morgan fingerprint density at radius 3 is 2.41 bits per heavy atom. The molecule has 1 aromatic rings. The summed E-state index contributed by atoms with van der Waals surface area (Å²) in [5.74, 6) is -1.18. The third-order valence-corrected chi connectivity index (χ3v) is 4.07. The van der Waals surface area contributed by atoms with Gasteiger partial charge in [-0.25, -0.2) is 0 Å². The Balaban J connectivity index is 1.80. The Kier molecular flexibility index (Phi) is 5.72. The summed E-state index contributed by atoms with van der Waals surface area (Å²) in [6.45, 7) is 3.91. The highest BCUT2D eigenvalue weighted by molar-refractivity contribution is 5.73. The van der Waals surface area contributed by atoms with Crippen LogP contribution in [-0.2, 0) is 25.7 Å². The van der Waals surface area contributed by atoms with Crippen LogP contribution in [0.15, 0.2) is 30.3 Å². The van der Waals surface area contributed by atoms with Gasteiger partial charge in [0.1, 0.15) is 6.29 Å². The highest BCUT2D eigenvalue weighted by Gasteiger charge is 2.31. The summed E-state index contributed by atoms with van der Waals surface area (Å²) in [7, 11) is 0. The van der Waals surface area contributed by atoms with Gasteiger partial charge in [0.2, 0.25) is 5.79 Å². The second-order valence-corrected chi connectivity index (χ2v) is 6.34. The fraction of sp³-hybridized carbons (Fsp3) is 0.556. The molecule has 0 aromatic heterocycles. The van der Waals surface area contributed by atoms with Gasteiger partial charge < -0.3 is 14.3 Å². The van der Waals surface area contributed by atoms with Crippen LogP contribution in [0.5, 0.6) is 0 Å². The summed E-state index contributed by atoms with van der Waals surface area (Å²) < 4.78 is 11.2. The minimum atomic E-state index is -0.950. The molecule has 1 saturated carbocycles. The molecule has 2 rings (SSSR count). The molecule has 0 N–H and O–H groups in total. The van der Waals surface area contributed by atoms with Crippen molar-refractivity contribution in [1.82, 2.24) is 0 Å². The highest BCUT2D eigenvalue weighted by Crippen LogP contribution is 2.30. The van der Waals surface area contributed by atoms with E-state index in [4.69, 9.17) is 9.47 Å². The molecule has 1 aromatic carbocycles. The number of aldehydes is 1. The molecule has 0 heterocycles. The lowest BCUT2D eigenvalue weighted by Gasteiger charge is -2.30. The summed E-state index contributed by atoms with van der Waals surface area (Å²) in [6, 6.07) is 9.79. The molecule has 4 nitrogen and oxygen atoms in total. The van der Waals surface area contributed by atoms with Gasteiger partial charge in [0, 0.05) is 19.8 Å². The van der Waals surface area contributed by atoms with Gasteiger partial charge in [-0.1, -0.05) is 30.3 Å². The second kappa shape index (κ2) is 7.54. The molecule has 1 aliphatic carbocycles. The molecule has 0 unspecified atom stereocenters.